The maximum Gasteiger partial charge on any atom is 0.332 e. The van der Waals surface area contributed by atoms with Crippen LogP contribution in [0.2, 0.25) is 5.02 Å². The molecule has 1 atom stereocenters. The molecule has 1 heterocycles. The van der Waals surface area contributed by atoms with Crippen LogP contribution >= 0.6 is 11.6 Å². The van der Waals surface area contributed by atoms with E-state index in [2.05, 4.69) is 10.6 Å². The van der Waals surface area contributed by atoms with E-state index in [1.165, 1.54) is 34.9 Å². The number of carbonyl (C=O) groups excluding carboxylic acids is 2. The third kappa shape index (κ3) is 6.87. The lowest BCUT2D eigenvalue weighted by molar-refractivity contribution is -0.118. The molecule has 0 spiro atoms. The van der Waals surface area contributed by atoms with Crippen LogP contribution in [0.4, 0.5) is 11.4 Å². The number of anilines is 2. The SMILES string of the molecule is CCn1c(=O)n(CS(C)(=O)=O)c(=O)c2cc(NC(=O)CC(C)CC(=O)Nc3ccc(C#N)c(Cl)c3)ccc21. The van der Waals surface area contributed by atoms with Crippen LogP contribution in [0.5, 0.6) is 0 Å². The van der Waals surface area contributed by atoms with Gasteiger partial charge in [-0.2, -0.15) is 5.26 Å². The molecule has 0 bridgehead atoms. The van der Waals surface area contributed by atoms with E-state index in [1.807, 2.05) is 6.07 Å². The summed E-state index contributed by atoms with van der Waals surface area (Å²) in [4.78, 5) is 50.6. The topological polar surface area (TPSA) is 160 Å². The molecule has 0 aliphatic heterocycles. The molecule has 2 N–H and O–H groups in total. The van der Waals surface area contributed by atoms with Crippen molar-refractivity contribution in [3.63, 3.8) is 0 Å². The van der Waals surface area contributed by atoms with Crippen LogP contribution < -0.4 is 21.9 Å². The smallest absolute Gasteiger partial charge is 0.326 e. The predicted molar refractivity (Wildman–Crippen MR) is 145 cm³/mol. The highest BCUT2D eigenvalue weighted by Gasteiger charge is 2.18. The monoisotopic (exact) mass is 559 g/mol. The minimum atomic E-state index is -3.67. The van der Waals surface area contributed by atoms with E-state index in [0.717, 1.165) is 6.26 Å². The third-order valence-corrected chi connectivity index (χ3v) is 6.67. The standard InChI is InChI=1S/C25H26ClN5O6S/c1-4-30-21-8-7-17(11-19(21)24(34)31(25(30)35)14-38(3,36)37)28-22(32)9-15(2)10-23(33)29-18-6-5-16(13-27)20(26)12-18/h5-8,11-12,15H,4,9-10,14H2,1-3H3,(H,28,32)(H,29,33). The van der Waals surface area contributed by atoms with E-state index >= 15 is 0 Å². The highest BCUT2D eigenvalue weighted by Crippen LogP contribution is 2.21. The van der Waals surface area contributed by atoms with Gasteiger partial charge in [0.05, 0.1) is 21.5 Å². The molecule has 0 saturated heterocycles. The number of sulfone groups is 1. The Labute approximate surface area is 223 Å². The summed E-state index contributed by atoms with van der Waals surface area (Å²) in [5, 5.41) is 14.6. The number of fused-ring (bicyclic) bond motifs is 1. The molecular formula is C25H26ClN5O6S. The van der Waals surface area contributed by atoms with Crippen LogP contribution in [0.1, 0.15) is 32.3 Å². The summed E-state index contributed by atoms with van der Waals surface area (Å²) in [6.07, 6.45) is 0.977. The summed E-state index contributed by atoms with van der Waals surface area (Å²) in [6.45, 7) is 3.63. The third-order valence-electron chi connectivity index (χ3n) is 5.63. The first-order chi connectivity index (χ1) is 17.8. The van der Waals surface area contributed by atoms with Gasteiger partial charge in [0.15, 0.2) is 9.84 Å². The number of aromatic nitrogens is 2. The first-order valence-corrected chi connectivity index (χ1v) is 14.0. The number of rotatable bonds is 9. The summed E-state index contributed by atoms with van der Waals surface area (Å²) < 4.78 is 25.5. The molecular weight excluding hydrogens is 534 g/mol. The number of benzene rings is 2. The van der Waals surface area contributed by atoms with Crippen molar-refractivity contribution in [1.82, 2.24) is 9.13 Å². The highest BCUT2D eigenvalue weighted by molar-refractivity contribution is 7.89. The van der Waals surface area contributed by atoms with Crippen LogP contribution in [0, 0.1) is 17.2 Å². The van der Waals surface area contributed by atoms with Gasteiger partial charge in [-0.15, -0.1) is 0 Å². The average Bonchev–Trinajstić information content (AvgIpc) is 2.81. The minimum Gasteiger partial charge on any atom is -0.326 e. The summed E-state index contributed by atoms with van der Waals surface area (Å²) >= 11 is 5.98. The molecule has 3 aromatic rings. The summed E-state index contributed by atoms with van der Waals surface area (Å²) in [6, 6.07) is 10.9. The van der Waals surface area contributed by atoms with Crippen LogP contribution in [0.3, 0.4) is 0 Å². The van der Waals surface area contributed by atoms with Crippen LogP contribution in [-0.2, 0) is 31.8 Å². The Kier molecular flexibility index (Phi) is 8.75. The van der Waals surface area contributed by atoms with Gasteiger partial charge in [-0.25, -0.2) is 17.8 Å². The first-order valence-electron chi connectivity index (χ1n) is 11.6. The van der Waals surface area contributed by atoms with E-state index in [4.69, 9.17) is 16.9 Å². The molecule has 0 saturated carbocycles. The van der Waals surface area contributed by atoms with Crippen molar-refractivity contribution in [2.75, 3.05) is 16.9 Å². The molecule has 2 aromatic carbocycles. The molecule has 13 heteroatoms. The maximum atomic E-state index is 12.9. The zero-order chi connectivity index (χ0) is 28.2. The van der Waals surface area contributed by atoms with Crippen LogP contribution in [0.15, 0.2) is 46.0 Å². The number of hydrogen-bond acceptors (Lipinski definition) is 7. The zero-order valence-electron chi connectivity index (χ0n) is 20.9. The molecule has 0 aliphatic rings. The number of nitriles is 1. The Morgan fingerprint density at radius 1 is 1.03 bits per heavy atom. The number of aryl methyl sites for hydroxylation is 1. The second-order valence-corrected chi connectivity index (χ2v) is 11.5. The quantitative estimate of drug-likeness (QED) is 0.407. The molecule has 2 amide bonds. The lowest BCUT2D eigenvalue weighted by Crippen LogP contribution is -2.41. The van der Waals surface area contributed by atoms with Crippen molar-refractivity contribution in [2.45, 2.75) is 39.1 Å². The van der Waals surface area contributed by atoms with E-state index in [0.29, 0.717) is 15.8 Å². The van der Waals surface area contributed by atoms with Crippen LogP contribution in [-0.4, -0.2) is 35.6 Å². The maximum absolute atomic E-state index is 12.9. The normalized spacial score (nSPS) is 12.1. The van der Waals surface area contributed by atoms with Gasteiger partial charge in [-0.05, 0) is 49.2 Å². The van der Waals surface area contributed by atoms with Gasteiger partial charge in [0, 0.05) is 37.0 Å². The molecule has 0 aliphatic carbocycles. The molecule has 1 unspecified atom stereocenters. The Bertz CT molecular complexity index is 1690. The van der Waals surface area contributed by atoms with Gasteiger partial charge in [0.25, 0.3) is 5.56 Å². The van der Waals surface area contributed by atoms with Gasteiger partial charge in [0.1, 0.15) is 11.9 Å². The van der Waals surface area contributed by atoms with Gasteiger partial charge in [-0.1, -0.05) is 18.5 Å². The van der Waals surface area contributed by atoms with Gasteiger partial charge < -0.3 is 10.6 Å². The fourth-order valence-electron chi connectivity index (χ4n) is 3.97. The van der Waals surface area contributed by atoms with Gasteiger partial charge in [-0.3, -0.25) is 19.0 Å². The molecule has 11 nitrogen and oxygen atoms in total. The lowest BCUT2D eigenvalue weighted by Gasteiger charge is -2.14. The second-order valence-electron chi connectivity index (χ2n) is 8.96. The molecule has 0 fully saturated rings. The molecule has 3 rings (SSSR count). The number of carbonyl (C=O) groups is 2. The first kappa shape index (κ1) is 28.6. The van der Waals surface area contributed by atoms with E-state index in [-0.39, 0.29) is 52.9 Å². The van der Waals surface area contributed by atoms with Crippen molar-refractivity contribution >= 4 is 55.5 Å². The minimum absolute atomic E-state index is 0.00630. The van der Waals surface area contributed by atoms with Crippen molar-refractivity contribution in [2.24, 2.45) is 5.92 Å². The number of nitrogens with zero attached hydrogens (tertiary/aromatic N) is 3. The van der Waals surface area contributed by atoms with Gasteiger partial charge in [0.2, 0.25) is 11.8 Å². The van der Waals surface area contributed by atoms with Crippen molar-refractivity contribution in [1.29, 1.82) is 5.26 Å². The fraction of sp³-hybridized carbons (Fsp3) is 0.320. The van der Waals surface area contributed by atoms with Crippen molar-refractivity contribution in [3.05, 3.63) is 67.8 Å². The molecule has 1 aromatic heterocycles. The lowest BCUT2D eigenvalue weighted by atomic mass is 10.0. The second kappa shape index (κ2) is 11.6. The van der Waals surface area contributed by atoms with Crippen molar-refractivity contribution in [3.8, 4) is 6.07 Å². The summed E-state index contributed by atoms with van der Waals surface area (Å²) in [5.41, 5.74) is -0.185. The van der Waals surface area contributed by atoms with Crippen molar-refractivity contribution < 1.29 is 18.0 Å². The number of hydrogen-bond donors (Lipinski definition) is 2. The largest absolute Gasteiger partial charge is 0.332 e. The zero-order valence-corrected chi connectivity index (χ0v) is 22.5. The number of nitrogens with one attached hydrogen (secondary N) is 2. The Morgan fingerprint density at radius 3 is 2.13 bits per heavy atom. The fourth-order valence-corrected chi connectivity index (χ4v) is 4.89. The summed E-state index contributed by atoms with van der Waals surface area (Å²) in [7, 11) is -3.67. The molecule has 38 heavy (non-hydrogen) atoms. The van der Waals surface area contributed by atoms with E-state index in [9.17, 15) is 27.6 Å². The summed E-state index contributed by atoms with van der Waals surface area (Å²) in [5.74, 6) is -1.82. The van der Waals surface area contributed by atoms with Crippen LogP contribution in [0.25, 0.3) is 10.9 Å². The average molecular weight is 560 g/mol. The predicted octanol–water partition coefficient (Wildman–Crippen LogP) is 2.70. The van der Waals surface area contributed by atoms with Gasteiger partial charge >= 0.3 is 5.69 Å². The number of halogens is 1. The highest BCUT2D eigenvalue weighted by atomic mass is 35.5. The molecule has 0 radical (unpaired) electrons. The Balaban J connectivity index is 1.72. The Morgan fingerprint density at radius 2 is 1.61 bits per heavy atom. The molecule has 200 valence electrons. The number of amides is 2. The van der Waals surface area contributed by atoms with E-state index in [1.54, 1.807) is 19.9 Å². The van der Waals surface area contributed by atoms with E-state index < -0.39 is 32.9 Å². The Hall–Kier alpha value is -3.95.